The molecule has 3 aromatic rings. The van der Waals surface area contributed by atoms with E-state index in [1.807, 2.05) is 54.0 Å². The number of hydrogen-bond donors (Lipinski definition) is 1. The van der Waals surface area contributed by atoms with Crippen molar-refractivity contribution in [2.24, 2.45) is 12.8 Å². The third kappa shape index (κ3) is 4.54. The Labute approximate surface area is 221 Å². The monoisotopic (exact) mass is 518 g/mol. The molecule has 2 atom stereocenters. The number of nitrogens with two attached hydrogens (primary N) is 1. The number of carbonyl (C=O) groups is 1. The average molecular weight is 519 g/mol. The van der Waals surface area contributed by atoms with Gasteiger partial charge in [-0.2, -0.15) is 0 Å². The number of pyridine rings is 1. The van der Waals surface area contributed by atoms with Crippen LogP contribution >= 0.6 is 11.6 Å². The van der Waals surface area contributed by atoms with E-state index in [0.29, 0.717) is 31.2 Å². The minimum Gasteiger partial charge on any atom is -0.443 e. The van der Waals surface area contributed by atoms with E-state index in [9.17, 15) is 4.79 Å². The predicted octanol–water partition coefficient (Wildman–Crippen LogP) is 4.42. The van der Waals surface area contributed by atoms with Gasteiger partial charge >= 0.3 is 6.09 Å². The van der Waals surface area contributed by atoms with Gasteiger partial charge in [0, 0.05) is 44.4 Å². The van der Waals surface area contributed by atoms with Crippen molar-refractivity contribution < 1.29 is 9.53 Å². The number of rotatable bonds is 4. The average Bonchev–Trinajstić information content (AvgIpc) is 3.50. The van der Waals surface area contributed by atoms with Crippen LogP contribution in [0.25, 0.3) is 11.6 Å². The highest BCUT2D eigenvalue weighted by molar-refractivity contribution is 6.30. The molecule has 2 aromatic heterocycles. The van der Waals surface area contributed by atoms with Gasteiger partial charge in [0.1, 0.15) is 5.60 Å². The Morgan fingerprint density at radius 1 is 1.22 bits per heavy atom. The van der Waals surface area contributed by atoms with Crippen LogP contribution in [0.2, 0.25) is 5.02 Å². The van der Waals surface area contributed by atoms with Crippen molar-refractivity contribution in [3.05, 3.63) is 82.2 Å². The summed E-state index contributed by atoms with van der Waals surface area (Å²) in [6, 6.07) is 9.56. The molecule has 1 aliphatic heterocycles. The Kier molecular flexibility index (Phi) is 6.06. The number of hydrogen-bond acceptors (Lipinski definition) is 6. The quantitative estimate of drug-likeness (QED) is 0.550. The molecule has 9 heteroatoms. The van der Waals surface area contributed by atoms with Crippen LogP contribution in [0.5, 0.6) is 0 Å². The molecular formula is C28H31ClN6O2. The summed E-state index contributed by atoms with van der Waals surface area (Å²) in [6.45, 7) is 4.62. The zero-order valence-electron chi connectivity index (χ0n) is 21.1. The van der Waals surface area contributed by atoms with Crippen molar-refractivity contribution in [3.8, 4) is 0 Å². The highest BCUT2D eigenvalue weighted by Crippen LogP contribution is 2.44. The summed E-state index contributed by atoms with van der Waals surface area (Å²) >= 11 is 6.54. The van der Waals surface area contributed by atoms with Gasteiger partial charge in [0.05, 0.1) is 36.0 Å². The lowest BCUT2D eigenvalue weighted by atomic mass is 9.90. The minimum atomic E-state index is -0.396. The first kappa shape index (κ1) is 24.2. The smallest absolute Gasteiger partial charge is 0.410 e. The van der Waals surface area contributed by atoms with Crippen molar-refractivity contribution >= 4 is 29.3 Å². The third-order valence-electron chi connectivity index (χ3n) is 7.80. The molecule has 6 rings (SSSR count). The second-order valence-corrected chi connectivity index (χ2v) is 10.9. The van der Waals surface area contributed by atoms with Crippen molar-refractivity contribution in [1.82, 2.24) is 24.3 Å². The first-order chi connectivity index (χ1) is 17.8. The van der Waals surface area contributed by atoms with E-state index in [1.54, 1.807) is 6.33 Å². The fourth-order valence-corrected chi connectivity index (χ4v) is 5.53. The number of fused-ring (bicyclic) bond motifs is 2. The summed E-state index contributed by atoms with van der Waals surface area (Å²) in [6.07, 6.45) is 9.22. The van der Waals surface area contributed by atoms with Crippen LogP contribution in [0.3, 0.4) is 0 Å². The first-order valence-electron chi connectivity index (χ1n) is 12.7. The van der Waals surface area contributed by atoms with Crippen molar-refractivity contribution in [3.63, 3.8) is 0 Å². The fraction of sp³-hybridized carbons (Fsp3) is 0.393. The number of aromatic nitrogens is 3. The molecule has 2 aliphatic carbocycles. The van der Waals surface area contributed by atoms with Crippen LogP contribution in [0.1, 0.15) is 59.9 Å². The topological polar surface area (TPSA) is 89.5 Å². The zero-order chi connectivity index (χ0) is 25.7. The number of ether oxygens (including phenoxy) is 1. The summed E-state index contributed by atoms with van der Waals surface area (Å²) in [5, 5.41) is 0.653. The second kappa shape index (κ2) is 9.28. The van der Waals surface area contributed by atoms with Gasteiger partial charge in [0.25, 0.3) is 0 Å². The number of nitrogens with zero attached hydrogens (tertiary/aromatic N) is 5. The van der Waals surface area contributed by atoms with Crippen LogP contribution in [0.15, 0.2) is 49.1 Å². The van der Waals surface area contributed by atoms with Gasteiger partial charge in [-0.15, -0.1) is 0 Å². The SMILES string of the molecule is Cn1cncc1[C@H](N)C1=Cc2cccnc2C(N2CCN(C(=O)OC3(C)CC3)CC2)c2ccc(Cl)cc21. The molecule has 192 valence electrons. The van der Waals surface area contributed by atoms with Gasteiger partial charge in [-0.3, -0.25) is 9.88 Å². The number of halogens is 1. The van der Waals surface area contributed by atoms with E-state index >= 15 is 0 Å². The molecule has 0 radical (unpaired) electrons. The van der Waals surface area contributed by atoms with Crippen LogP contribution in [-0.2, 0) is 11.8 Å². The van der Waals surface area contributed by atoms with E-state index in [0.717, 1.165) is 46.5 Å². The Balaban J connectivity index is 1.37. The summed E-state index contributed by atoms with van der Waals surface area (Å²) in [5.74, 6) is 0. The number of aryl methyl sites for hydroxylation is 1. The predicted molar refractivity (Wildman–Crippen MR) is 143 cm³/mol. The number of piperazine rings is 1. The molecule has 0 spiro atoms. The summed E-state index contributed by atoms with van der Waals surface area (Å²) in [5.41, 5.74) is 12.6. The van der Waals surface area contributed by atoms with E-state index in [1.165, 1.54) is 0 Å². The van der Waals surface area contributed by atoms with Gasteiger partial charge in [0.15, 0.2) is 0 Å². The molecule has 3 aliphatic rings. The Hall–Kier alpha value is -3.20. The molecule has 3 heterocycles. The molecule has 37 heavy (non-hydrogen) atoms. The highest BCUT2D eigenvalue weighted by atomic mass is 35.5. The minimum absolute atomic E-state index is 0.102. The van der Waals surface area contributed by atoms with Crippen LogP contribution in [0.4, 0.5) is 4.79 Å². The molecule has 1 unspecified atom stereocenters. The van der Waals surface area contributed by atoms with Gasteiger partial charge in [-0.1, -0.05) is 23.7 Å². The van der Waals surface area contributed by atoms with E-state index in [-0.39, 0.29) is 17.7 Å². The molecule has 2 fully saturated rings. The highest BCUT2D eigenvalue weighted by Gasteiger charge is 2.43. The van der Waals surface area contributed by atoms with E-state index in [2.05, 4.69) is 28.1 Å². The maximum Gasteiger partial charge on any atom is 0.410 e. The summed E-state index contributed by atoms with van der Waals surface area (Å²) in [4.78, 5) is 26.1. The van der Waals surface area contributed by atoms with Crippen LogP contribution < -0.4 is 5.73 Å². The van der Waals surface area contributed by atoms with Gasteiger partial charge in [-0.25, -0.2) is 9.78 Å². The van der Waals surface area contributed by atoms with E-state index < -0.39 is 6.04 Å². The van der Waals surface area contributed by atoms with Gasteiger partial charge in [0.2, 0.25) is 0 Å². The summed E-state index contributed by atoms with van der Waals surface area (Å²) < 4.78 is 7.66. The lowest BCUT2D eigenvalue weighted by molar-refractivity contribution is 0.0380. The summed E-state index contributed by atoms with van der Waals surface area (Å²) in [7, 11) is 1.95. The molecule has 1 saturated carbocycles. The molecule has 1 aromatic carbocycles. The molecular weight excluding hydrogens is 488 g/mol. The van der Waals surface area contributed by atoms with Crippen LogP contribution in [-0.4, -0.2) is 62.2 Å². The molecule has 8 nitrogen and oxygen atoms in total. The number of benzene rings is 1. The van der Waals surface area contributed by atoms with E-state index in [4.69, 9.17) is 27.1 Å². The molecule has 1 saturated heterocycles. The first-order valence-corrected chi connectivity index (χ1v) is 13.1. The lowest BCUT2D eigenvalue weighted by Gasteiger charge is -2.39. The number of imidazole rings is 1. The second-order valence-electron chi connectivity index (χ2n) is 10.5. The normalized spacial score (nSPS) is 21.4. The third-order valence-corrected chi connectivity index (χ3v) is 8.03. The Morgan fingerprint density at radius 2 is 2.00 bits per heavy atom. The molecule has 0 bridgehead atoms. The maximum absolute atomic E-state index is 12.7. The maximum atomic E-state index is 12.7. The van der Waals surface area contributed by atoms with Crippen LogP contribution in [0, 0.1) is 0 Å². The molecule has 2 N–H and O–H groups in total. The van der Waals surface area contributed by atoms with Crippen molar-refractivity contribution in [2.45, 2.75) is 37.5 Å². The largest absolute Gasteiger partial charge is 0.443 e. The molecule has 1 amide bonds. The zero-order valence-corrected chi connectivity index (χ0v) is 21.9. The fourth-order valence-electron chi connectivity index (χ4n) is 5.36. The van der Waals surface area contributed by atoms with Gasteiger partial charge in [-0.05, 0) is 66.3 Å². The number of carbonyl (C=O) groups excluding carboxylic acids is 1. The van der Waals surface area contributed by atoms with Gasteiger partial charge < -0.3 is 19.9 Å². The lowest BCUT2D eigenvalue weighted by Crippen LogP contribution is -2.50. The number of amides is 1. The Bertz CT molecular complexity index is 1370. The van der Waals surface area contributed by atoms with Crippen molar-refractivity contribution in [2.75, 3.05) is 26.2 Å². The van der Waals surface area contributed by atoms with Crippen molar-refractivity contribution in [1.29, 1.82) is 0 Å². The standard InChI is InChI=1S/C28H31ClN6O2/c1-28(7-8-28)37-27(36)35-12-10-34(11-13-35)26-20-6-5-19(29)15-21(20)22(14-18-4-3-9-32-25(18)26)24(30)23-16-31-17-33(23)2/h3-6,9,14-17,24,26H,7-8,10-13,30H2,1-2H3/t24-,26?/m1/s1. The Morgan fingerprint density at radius 3 is 2.70 bits per heavy atom.